The molecule has 1 N–H and O–H groups in total. The second-order valence-electron chi connectivity index (χ2n) is 5.71. The van der Waals surface area contributed by atoms with E-state index in [-0.39, 0.29) is 0 Å². The van der Waals surface area contributed by atoms with E-state index in [4.69, 9.17) is 32.7 Å². The number of nitrogens with one attached hydrogen (secondary N) is 1. The van der Waals surface area contributed by atoms with Crippen LogP contribution in [-0.4, -0.2) is 7.11 Å². The van der Waals surface area contributed by atoms with Gasteiger partial charge < -0.3 is 14.8 Å². The number of hydrogen-bond donors (Lipinski definition) is 1. The Hall–Kier alpha value is -2.36. The lowest BCUT2D eigenvalue weighted by molar-refractivity contribution is 0.284. The van der Waals surface area contributed by atoms with Crippen LogP contribution in [-0.2, 0) is 13.2 Å². The fourth-order valence-corrected chi connectivity index (χ4v) is 3.02. The number of para-hydroxylation sites is 1. The number of halogens is 2. The van der Waals surface area contributed by atoms with E-state index in [2.05, 4.69) is 5.32 Å². The minimum atomic E-state index is 0.317. The highest BCUT2D eigenvalue weighted by molar-refractivity contribution is 6.32. The zero-order chi connectivity index (χ0) is 18.4. The van der Waals surface area contributed by atoms with Crippen LogP contribution in [0.1, 0.15) is 11.1 Å². The number of benzene rings is 3. The van der Waals surface area contributed by atoms with Gasteiger partial charge in [-0.25, -0.2) is 0 Å². The summed E-state index contributed by atoms with van der Waals surface area (Å²) in [6.07, 6.45) is 0. The quantitative estimate of drug-likeness (QED) is 0.523. The molecule has 0 aliphatic rings. The summed E-state index contributed by atoms with van der Waals surface area (Å²) in [7, 11) is 1.60. The van der Waals surface area contributed by atoms with Crippen molar-refractivity contribution in [2.24, 2.45) is 0 Å². The molecule has 3 aromatic rings. The summed E-state index contributed by atoms with van der Waals surface area (Å²) < 4.78 is 11.3. The molecule has 3 aromatic carbocycles. The van der Waals surface area contributed by atoms with Gasteiger partial charge in [0.1, 0.15) is 6.61 Å². The Labute approximate surface area is 163 Å². The van der Waals surface area contributed by atoms with Crippen molar-refractivity contribution in [2.45, 2.75) is 13.2 Å². The molecule has 0 bridgehead atoms. The molecule has 0 radical (unpaired) electrons. The van der Waals surface area contributed by atoms with Crippen LogP contribution in [0.4, 0.5) is 5.69 Å². The number of ether oxygens (including phenoxy) is 2. The molecule has 0 unspecified atom stereocenters. The zero-order valence-corrected chi connectivity index (χ0v) is 15.8. The maximum Gasteiger partial charge on any atom is 0.180 e. The molecule has 3 nitrogen and oxygen atoms in total. The van der Waals surface area contributed by atoms with E-state index in [1.54, 1.807) is 7.11 Å². The third kappa shape index (κ3) is 4.63. The second kappa shape index (κ2) is 8.84. The lowest BCUT2D eigenvalue weighted by Crippen LogP contribution is -2.03. The molecule has 0 aliphatic heterocycles. The minimum Gasteiger partial charge on any atom is -0.493 e. The zero-order valence-electron chi connectivity index (χ0n) is 14.3. The third-order valence-electron chi connectivity index (χ3n) is 3.89. The summed E-state index contributed by atoms with van der Waals surface area (Å²) in [6, 6.07) is 21.3. The Bertz CT molecular complexity index is 869. The highest BCUT2D eigenvalue weighted by atomic mass is 35.5. The average molecular weight is 388 g/mol. The number of anilines is 1. The fourth-order valence-electron chi connectivity index (χ4n) is 2.54. The topological polar surface area (TPSA) is 30.5 Å². The Morgan fingerprint density at radius 3 is 2.35 bits per heavy atom. The van der Waals surface area contributed by atoms with E-state index in [0.29, 0.717) is 34.7 Å². The normalized spacial score (nSPS) is 10.4. The summed E-state index contributed by atoms with van der Waals surface area (Å²) >= 11 is 12.6. The molecule has 26 heavy (non-hydrogen) atoms. The van der Waals surface area contributed by atoms with Crippen molar-refractivity contribution in [1.29, 1.82) is 0 Å². The number of hydrogen-bond acceptors (Lipinski definition) is 3. The van der Waals surface area contributed by atoms with Gasteiger partial charge in [0.05, 0.1) is 12.1 Å². The lowest BCUT2D eigenvalue weighted by atomic mass is 10.2. The molecular formula is C21H19Cl2NO2. The fraction of sp³-hybridized carbons (Fsp3) is 0.143. The molecule has 0 saturated carbocycles. The minimum absolute atomic E-state index is 0.317. The first-order valence-corrected chi connectivity index (χ1v) is 8.94. The van der Waals surface area contributed by atoms with Gasteiger partial charge in [0, 0.05) is 22.8 Å². The Balaban J connectivity index is 1.73. The highest BCUT2D eigenvalue weighted by Crippen LogP contribution is 2.37. The van der Waals surface area contributed by atoms with Crippen molar-refractivity contribution < 1.29 is 9.47 Å². The predicted molar refractivity (Wildman–Crippen MR) is 108 cm³/mol. The molecule has 0 aromatic heterocycles. The second-order valence-corrected chi connectivity index (χ2v) is 6.52. The monoisotopic (exact) mass is 387 g/mol. The van der Waals surface area contributed by atoms with Crippen molar-refractivity contribution in [2.75, 3.05) is 12.4 Å². The van der Waals surface area contributed by atoms with E-state index in [1.807, 2.05) is 66.7 Å². The van der Waals surface area contributed by atoms with E-state index in [0.717, 1.165) is 16.8 Å². The van der Waals surface area contributed by atoms with E-state index >= 15 is 0 Å². The largest absolute Gasteiger partial charge is 0.493 e. The van der Waals surface area contributed by atoms with Crippen LogP contribution < -0.4 is 14.8 Å². The summed E-state index contributed by atoms with van der Waals surface area (Å²) in [5.74, 6) is 1.10. The number of rotatable bonds is 7. The van der Waals surface area contributed by atoms with Crippen LogP contribution in [0.15, 0.2) is 66.7 Å². The van der Waals surface area contributed by atoms with Crippen molar-refractivity contribution in [3.8, 4) is 11.5 Å². The third-order valence-corrected chi connectivity index (χ3v) is 4.54. The van der Waals surface area contributed by atoms with Crippen molar-refractivity contribution in [3.63, 3.8) is 0 Å². The lowest BCUT2D eigenvalue weighted by Gasteiger charge is -2.15. The Kier molecular flexibility index (Phi) is 6.26. The molecule has 0 heterocycles. The van der Waals surface area contributed by atoms with Crippen molar-refractivity contribution in [1.82, 2.24) is 0 Å². The molecule has 0 saturated heterocycles. The molecule has 0 aliphatic carbocycles. The molecule has 0 amide bonds. The molecule has 0 spiro atoms. The van der Waals surface area contributed by atoms with Gasteiger partial charge in [-0.05, 0) is 35.9 Å². The van der Waals surface area contributed by atoms with Gasteiger partial charge in [-0.1, -0.05) is 59.6 Å². The summed E-state index contributed by atoms with van der Waals surface area (Å²) in [5, 5.41) is 4.51. The van der Waals surface area contributed by atoms with E-state index < -0.39 is 0 Å². The highest BCUT2D eigenvalue weighted by Gasteiger charge is 2.13. The Morgan fingerprint density at radius 1 is 0.885 bits per heavy atom. The molecule has 0 fully saturated rings. The summed E-state index contributed by atoms with van der Waals surface area (Å²) in [6.45, 7) is 0.947. The van der Waals surface area contributed by atoms with Crippen LogP contribution >= 0.6 is 23.2 Å². The van der Waals surface area contributed by atoms with Crippen LogP contribution in [0.3, 0.4) is 0 Å². The SMILES string of the molecule is COc1cc(CNc2ccccc2)cc(Cl)c1OCc1ccccc1Cl. The van der Waals surface area contributed by atoms with E-state index in [9.17, 15) is 0 Å². The first-order valence-electron chi connectivity index (χ1n) is 8.19. The standard InChI is InChI=1S/C21H19Cl2NO2/c1-25-20-12-15(13-24-17-8-3-2-4-9-17)11-19(23)21(20)26-14-16-7-5-6-10-18(16)22/h2-12,24H,13-14H2,1H3. The Morgan fingerprint density at radius 2 is 1.62 bits per heavy atom. The van der Waals surface area contributed by atoms with Gasteiger partial charge in [0.15, 0.2) is 11.5 Å². The smallest absolute Gasteiger partial charge is 0.180 e. The number of methoxy groups -OCH3 is 1. The van der Waals surface area contributed by atoms with Crippen molar-refractivity contribution in [3.05, 3.63) is 87.9 Å². The van der Waals surface area contributed by atoms with Crippen LogP contribution in [0.5, 0.6) is 11.5 Å². The van der Waals surface area contributed by atoms with Gasteiger partial charge in [-0.15, -0.1) is 0 Å². The molecule has 5 heteroatoms. The van der Waals surface area contributed by atoms with Gasteiger partial charge in [0.25, 0.3) is 0 Å². The van der Waals surface area contributed by atoms with Gasteiger partial charge in [0.2, 0.25) is 0 Å². The molecular weight excluding hydrogens is 369 g/mol. The van der Waals surface area contributed by atoms with E-state index in [1.165, 1.54) is 0 Å². The van der Waals surface area contributed by atoms with Crippen molar-refractivity contribution >= 4 is 28.9 Å². The van der Waals surface area contributed by atoms with Crippen LogP contribution in [0.25, 0.3) is 0 Å². The first kappa shape index (κ1) is 18.4. The summed E-state index contributed by atoms with van der Waals surface area (Å²) in [5.41, 5.74) is 2.93. The summed E-state index contributed by atoms with van der Waals surface area (Å²) in [4.78, 5) is 0. The molecule has 3 rings (SSSR count). The predicted octanol–water partition coefficient (Wildman–Crippen LogP) is 6.19. The molecule has 0 atom stereocenters. The maximum atomic E-state index is 6.44. The van der Waals surface area contributed by atoms with Gasteiger partial charge in [-0.2, -0.15) is 0 Å². The average Bonchev–Trinajstić information content (AvgIpc) is 2.67. The molecule has 134 valence electrons. The van der Waals surface area contributed by atoms with Crippen LogP contribution in [0.2, 0.25) is 10.0 Å². The maximum absolute atomic E-state index is 6.44. The van der Waals surface area contributed by atoms with Gasteiger partial charge >= 0.3 is 0 Å². The van der Waals surface area contributed by atoms with Gasteiger partial charge in [-0.3, -0.25) is 0 Å². The first-order chi connectivity index (χ1) is 12.7. The van der Waals surface area contributed by atoms with Crippen LogP contribution in [0, 0.1) is 0 Å².